The highest BCUT2D eigenvalue weighted by atomic mass is 32.2. The molecule has 3 aromatic rings. The summed E-state index contributed by atoms with van der Waals surface area (Å²) >= 11 is 1.91. The van der Waals surface area contributed by atoms with Crippen molar-refractivity contribution >= 4 is 28.4 Å². The zero-order valence-corrected chi connectivity index (χ0v) is 16.5. The molecule has 138 valence electrons. The van der Waals surface area contributed by atoms with E-state index in [2.05, 4.69) is 75.9 Å². The second-order valence-corrected chi connectivity index (χ2v) is 8.77. The van der Waals surface area contributed by atoms with Gasteiger partial charge in [0, 0.05) is 16.8 Å². The van der Waals surface area contributed by atoms with Crippen molar-refractivity contribution in [1.82, 2.24) is 4.90 Å². The predicted molar refractivity (Wildman–Crippen MR) is 117 cm³/mol. The molecule has 0 N–H and O–H groups in total. The fourth-order valence-electron chi connectivity index (χ4n) is 4.56. The molecule has 0 spiro atoms. The number of rotatable bonds is 5. The Morgan fingerprint density at radius 3 is 2.41 bits per heavy atom. The van der Waals surface area contributed by atoms with Crippen LogP contribution in [0.3, 0.4) is 0 Å². The smallest absolute Gasteiger partial charge is 0.0563 e. The zero-order chi connectivity index (χ0) is 18.1. The molecule has 0 saturated carbocycles. The molecule has 3 aromatic carbocycles. The maximum atomic E-state index is 2.66. The van der Waals surface area contributed by atoms with E-state index >= 15 is 0 Å². The lowest BCUT2D eigenvalue weighted by molar-refractivity contribution is 0.211. The van der Waals surface area contributed by atoms with Crippen molar-refractivity contribution in [1.29, 1.82) is 0 Å². The van der Waals surface area contributed by atoms with E-state index in [1.54, 1.807) is 0 Å². The minimum absolute atomic E-state index is 0.753. The molecule has 2 aliphatic rings. The first kappa shape index (κ1) is 17.2. The van der Waals surface area contributed by atoms with E-state index in [1.165, 1.54) is 65.8 Å². The van der Waals surface area contributed by atoms with Crippen molar-refractivity contribution in [3.8, 4) is 0 Å². The summed E-state index contributed by atoms with van der Waals surface area (Å²) in [4.78, 5) is 4.07. The third-order valence-corrected chi connectivity index (χ3v) is 7.15. The third kappa shape index (κ3) is 3.46. The van der Waals surface area contributed by atoms with E-state index in [9.17, 15) is 0 Å². The van der Waals surface area contributed by atoms with Gasteiger partial charge in [0.15, 0.2) is 0 Å². The van der Waals surface area contributed by atoms with Gasteiger partial charge in [-0.15, -0.1) is 0 Å². The molecule has 1 saturated heterocycles. The van der Waals surface area contributed by atoms with Gasteiger partial charge < -0.3 is 9.21 Å². The van der Waals surface area contributed by atoms with Crippen LogP contribution in [0.25, 0.3) is 10.8 Å². The van der Waals surface area contributed by atoms with Crippen molar-refractivity contribution < 1.29 is 0 Å². The van der Waals surface area contributed by atoms with Gasteiger partial charge in [0.25, 0.3) is 0 Å². The number of hydrogen-bond acceptors (Lipinski definition) is 3. The number of likely N-dealkylation sites (tertiary alicyclic amines) is 1. The van der Waals surface area contributed by atoms with E-state index in [0.717, 1.165) is 12.5 Å². The summed E-state index contributed by atoms with van der Waals surface area (Å²) in [6, 6.07) is 24.4. The molecule has 0 unspecified atom stereocenters. The van der Waals surface area contributed by atoms with Crippen LogP contribution in [0.2, 0.25) is 0 Å². The van der Waals surface area contributed by atoms with Crippen molar-refractivity contribution in [2.24, 2.45) is 0 Å². The minimum Gasteiger partial charge on any atom is -0.311 e. The first-order chi connectivity index (χ1) is 13.4. The fraction of sp³-hybridized carbons (Fsp3) is 0.333. The quantitative estimate of drug-likeness (QED) is 0.511. The summed E-state index contributed by atoms with van der Waals surface area (Å²) < 4.78 is 2.49. The molecule has 0 amide bonds. The van der Waals surface area contributed by atoms with Gasteiger partial charge in [0.05, 0.1) is 5.69 Å². The Hall–Kier alpha value is -1.97. The number of anilines is 1. The third-order valence-electron chi connectivity index (χ3n) is 6.02. The lowest BCUT2D eigenvalue weighted by atomic mass is 9.89. The highest BCUT2D eigenvalue weighted by Gasteiger charge is 2.23. The SMILES string of the molecule is c1ccc(C2CCN(CCCN3Sc4cccc5cccc3c45)CC2)cc1. The minimum atomic E-state index is 0.753. The Bertz CT molecular complexity index is 911. The molecule has 5 rings (SSSR count). The second-order valence-electron chi connectivity index (χ2n) is 7.70. The van der Waals surface area contributed by atoms with Crippen LogP contribution in [0.5, 0.6) is 0 Å². The van der Waals surface area contributed by atoms with Crippen molar-refractivity contribution in [3.63, 3.8) is 0 Å². The van der Waals surface area contributed by atoms with Crippen LogP contribution < -0.4 is 4.31 Å². The molecule has 0 bridgehead atoms. The monoisotopic (exact) mass is 374 g/mol. The molecule has 3 heteroatoms. The Kier molecular flexibility index (Phi) is 4.81. The number of hydrogen-bond donors (Lipinski definition) is 0. The summed E-state index contributed by atoms with van der Waals surface area (Å²) in [6.07, 6.45) is 3.83. The fourth-order valence-corrected chi connectivity index (χ4v) is 5.72. The number of nitrogens with zero attached hydrogens (tertiary/aromatic N) is 2. The molecule has 0 aromatic heterocycles. The highest BCUT2D eigenvalue weighted by Crippen LogP contribution is 2.45. The van der Waals surface area contributed by atoms with E-state index in [1.807, 2.05) is 11.9 Å². The maximum absolute atomic E-state index is 2.66. The van der Waals surface area contributed by atoms with Gasteiger partial charge in [-0.2, -0.15) is 0 Å². The van der Waals surface area contributed by atoms with E-state index in [0.29, 0.717) is 0 Å². The van der Waals surface area contributed by atoms with Gasteiger partial charge in [-0.25, -0.2) is 0 Å². The molecule has 1 fully saturated rings. The topological polar surface area (TPSA) is 6.48 Å². The van der Waals surface area contributed by atoms with Gasteiger partial charge in [-0.1, -0.05) is 54.6 Å². The molecule has 0 aliphatic carbocycles. The first-order valence-corrected chi connectivity index (χ1v) is 10.9. The molecule has 2 nitrogen and oxygen atoms in total. The van der Waals surface area contributed by atoms with Gasteiger partial charge in [0.2, 0.25) is 0 Å². The predicted octanol–water partition coefficient (Wildman–Crippen LogP) is 5.94. The molecular weight excluding hydrogens is 348 g/mol. The number of piperidine rings is 1. The highest BCUT2D eigenvalue weighted by molar-refractivity contribution is 8.01. The standard InChI is InChI=1S/C24H26N2S/c1-2-7-19(8-3-1)20-13-17-25(18-14-20)15-6-16-26-22-11-4-9-21-10-5-12-23(27-26)24(21)22/h1-5,7-12,20H,6,13-18H2. The summed E-state index contributed by atoms with van der Waals surface area (Å²) in [6.45, 7) is 4.81. The molecule has 2 aliphatic heterocycles. The number of benzene rings is 3. The van der Waals surface area contributed by atoms with Crippen molar-refractivity contribution in [3.05, 3.63) is 72.3 Å². The zero-order valence-electron chi connectivity index (χ0n) is 15.7. The van der Waals surface area contributed by atoms with Gasteiger partial charge >= 0.3 is 0 Å². The Morgan fingerprint density at radius 2 is 1.59 bits per heavy atom. The average molecular weight is 375 g/mol. The Labute approximate surface area is 166 Å². The van der Waals surface area contributed by atoms with Crippen LogP contribution in [-0.2, 0) is 0 Å². The molecular formula is C24H26N2S. The van der Waals surface area contributed by atoms with Crippen LogP contribution in [0.4, 0.5) is 5.69 Å². The van der Waals surface area contributed by atoms with Crippen LogP contribution >= 0.6 is 11.9 Å². The summed E-state index contributed by atoms with van der Waals surface area (Å²) in [5.74, 6) is 0.753. The van der Waals surface area contributed by atoms with E-state index in [4.69, 9.17) is 0 Å². The average Bonchev–Trinajstić information content (AvgIpc) is 3.09. The Morgan fingerprint density at radius 1 is 0.815 bits per heavy atom. The van der Waals surface area contributed by atoms with Gasteiger partial charge in [-0.3, -0.25) is 0 Å². The molecule has 2 heterocycles. The van der Waals surface area contributed by atoms with Gasteiger partial charge in [-0.05, 0) is 79.8 Å². The lowest BCUT2D eigenvalue weighted by Crippen LogP contribution is -2.34. The van der Waals surface area contributed by atoms with Crippen molar-refractivity contribution in [2.45, 2.75) is 30.1 Å². The normalized spacial score (nSPS) is 17.7. The van der Waals surface area contributed by atoms with Crippen LogP contribution in [-0.4, -0.2) is 31.1 Å². The van der Waals surface area contributed by atoms with E-state index < -0.39 is 0 Å². The maximum Gasteiger partial charge on any atom is 0.0563 e. The molecule has 0 atom stereocenters. The lowest BCUT2D eigenvalue weighted by Gasteiger charge is -2.32. The van der Waals surface area contributed by atoms with Crippen molar-refractivity contribution in [2.75, 3.05) is 30.5 Å². The van der Waals surface area contributed by atoms with Crippen LogP contribution in [0, 0.1) is 0 Å². The molecule has 27 heavy (non-hydrogen) atoms. The van der Waals surface area contributed by atoms with Gasteiger partial charge in [0.1, 0.15) is 0 Å². The van der Waals surface area contributed by atoms with Crippen LogP contribution in [0.1, 0.15) is 30.7 Å². The molecule has 0 radical (unpaired) electrons. The summed E-state index contributed by atoms with van der Waals surface area (Å²) in [7, 11) is 0. The second kappa shape index (κ2) is 7.57. The summed E-state index contributed by atoms with van der Waals surface area (Å²) in [5, 5.41) is 2.80. The van der Waals surface area contributed by atoms with E-state index in [-0.39, 0.29) is 0 Å². The first-order valence-electron chi connectivity index (χ1n) is 10.1. The largest absolute Gasteiger partial charge is 0.311 e. The Balaban J connectivity index is 1.14. The van der Waals surface area contributed by atoms with Crippen LogP contribution in [0.15, 0.2) is 71.6 Å². The summed E-state index contributed by atoms with van der Waals surface area (Å²) in [5.41, 5.74) is 2.92.